The lowest BCUT2D eigenvalue weighted by molar-refractivity contribution is 0.123. The maximum Gasteiger partial charge on any atom is 0.394 e. The Kier molecular flexibility index (Phi) is 8.85. The second-order valence-electron chi connectivity index (χ2n) is 3.91. The quantitative estimate of drug-likeness (QED) is 0.271. The molecule has 1 unspecified atom stereocenters. The van der Waals surface area contributed by atoms with E-state index in [1.54, 1.807) is 0 Å². The minimum Gasteiger partial charge on any atom is -0.314 e. The first-order valence-corrected chi connectivity index (χ1v) is 7.20. The van der Waals surface area contributed by atoms with Gasteiger partial charge in [-0.1, -0.05) is 19.8 Å². The van der Waals surface area contributed by atoms with E-state index >= 15 is 0 Å². The fraction of sp³-hybridized carbons (Fsp3) is 0.889. The SMILES string of the molecule is CCCCC1CNCCN1NC=N.O=S(=O)(O)O. The van der Waals surface area contributed by atoms with Crippen LogP contribution in [0, 0.1) is 5.41 Å². The predicted octanol–water partition coefficient (Wildman–Crippen LogP) is -0.0907. The molecule has 1 aliphatic heterocycles. The van der Waals surface area contributed by atoms with E-state index in [0.717, 1.165) is 19.6 Å². The minimum atomic E-state index is -4.67. The molecule has 18 heavy (non-hydrogen) atoms. The van der Waals surface area contributed by atoms with E-state index in [1.165, 1.54) is 25.6 Å². The number of piperazine rings is 1. The summed E-state index contributed by atoms with van der Waals surface area (Å²) in [6.45, 7) is 5.26. The summed E-state index contributed by atoms with van der Waals surface area (Å²) in [6.07, 6.45) is 4.99. The number of nitrogens with one attached hydrogen (secondary N) is 3. The van der Waals surface area contributed by atoms with Gasteiger partial charge in [0.1, 0.15) is 0 Å². The molecule has 0 saturated carbocycles. The molecule has 5 N–H and O–H groups in total. The zero-order chi connectivity index (χ0) is 14.0. The molecule has 0 aliphatic carbocycles. The van der Waals surface area contributed by atoms with Crippen LogP contribution in [-0.4, -0.2) is 54.5 Å². The molecule has 108 valence electrons. The van der Waals surface area contributed by atoms with Crippen LogP contribution < -0.4 is 10.7 Å². The first-order chi connectivity index (χ1) is 8.38. The number of unbranched alkanes of at least 4 members (excludes halogenated alkanes) is 1. The summed E-state index contributed by atoms with van der Waals surface area (Å²) in [5, 5.41) is 12.5. The van der Waals surface area contributed by atoms with Crippen molar-refractivity contribution in [1.82, 2.24) is 15.8 Å². The highest BCUT2D eigenvalue weighted by Gasteiger charge is 2.20. The fourth-order valence-corrected chi connectivity index (χ4v) is 1.71. The Hall–Kier alpha value is -0.740. The van der Waals surface area contributed by atoms with E-state index in [0.29, 0.717) is 6.04 Å². The van der Waals surface area contributed by atoms with Crippen molar-refractivity contribution >= 4 is 16.7 Å². The van der Waals surface area contributed by atoms with Crippen molar-refractivity contribution < 1.29 is 17.5 Å². The molecule has 9 heteroatoms. The van der Waals surface area contributed by atoms with Gasteiger partial charge in [-0.2, -0.15) is 8.42 Å². The highest BCUT2D eigenvalue weighted by Crippen LogP contribution is 2.08. The van der Waals surface area contributed by atoms with Gasteiger partial charge >= 0.3 is 10.4 Å². The van der Waals surface area contributed by atoms with Crippen LogP contribution in [0.15, 0.2) is 0 Å². The van der Waals surface area contributed by atoms with Gasteiger partial charge in [0.25, 0.3) is 0 Å². The Morgan fingerprint density at radius 1 is 1.56 bits per heavy atom. The van der Waals surface area contributed by atoms with Crippen molar-refractivity contribution in [1.29, 1.82) is 5.41 Å². The molecule has 0 amide bonds. The number of rotatable bonds is 5. The second kappa shape index (κ2) is 9.22. The van der Waals surface area contributed by atoms with Crippen molar-refractivity contribution in [3.05, 3.63) is 0 Å². The number of hydrogen-bond donors (Lipinski definition) is 5. The third-order valence-electron chi connectivity index (χ3n) is 2.47. The molecule has 1 atom stereocenters. The van der Waals surface area contributed by atoms with Gasteiger partial charge in [0.15, 0.2) is 0 Å². The molecular weight excluding hydrogens is 260 g/mol. The summed E-state index contributed by atoms with van der Waals surface area (Å²) >= 11 is 0. The molecule has 1 aliphatic rings. The van der Waals surface area contributed by atoms with Gasteiger partial charge in [0.2, 0.25) is 0 Å². The topological polar surface area (TPSA) is 126 Å². The smallest absolute Gasteiger partial charge is 0.314 e. The van der Waals surface area contributed by atoms with Crippen LogP contribution in [0.4, 0.5) is 0 Å². The van der Waals surface area contributed by atoms with Crippen LogP contribution in [0.3, 0.4) is 0 Å². The molecule has 0 aromatic carbocycles. The Morgan fingerprint density at radius 3 is 2.67 bits per heavy atom. The van der Waals surface area contributed by atoms with Crippen molar-refractivity contribution in [3.8, 4) is 0 Å². The Morgan fingerprint density at radius 2 is 2.17 bits per heavy atom. The lowest BCUT2D eigenvalue weighted by Crippen LogP contribution is -2.56. The molecule has 0 radical (unpaired) electrons. The van der Waals surface area contributed by atoms with Gasteiger partial charge < -0.3 is 10.7 Å². The molecule has 0 aromatic rings. The highest BCUT2D eigenvalue weighted by atomic mass is 32.3. The van der Waals surface area contributed by atoms with Crippen LogP contribution in [0.2, 0.25) is 0 Å². The first kappa shape index (κ1) is 17.3. The minimum absolute atomic E-state index is 0.551. The van der Waals surface area contributed by atoms with Gasteiger partial charge in [-0.25, -0.2) is 5.01 Å². The van der Waals surface area contributed by atoms with Crippen molar-refractivity contribution in [2.45, 2.75) is 32.2 Å². The largest absolute Gasteiger partial charge is 0.394 e. The summed E-state index contributed by atoms with van der Waals surface area (Å²) in [6, 6.07) is 0.551. The van der Waals surface area contributed by atoms with Crippen LogP contribution in [0.25, 0.3) is 0 Å². The van der Waals surface area contributed by atoms with Crippen LogP contribution >= 0.6 is 0 Å². The van der Waals surface area contributed by atoms with E-state index in [1.807, 2.05) is 0 Å². The fourth-order valence-electron chi connectivity index (χ4n) is 1.71. The standard InChI is InChI=1S/C9H20N4.H2O4S/c1-2-3-4-9-7-11-5-6-13(9)12-8-10;1-5(2,3)4/h8-9,11H,2-7H2,1H3,(H2,10,12);(H2,1,2,3,4). The molecule has 8 nitrogen and oxygen atoms in total. The molecule has 0 spiro atoms. The average molecular weight is 282 g/mol. The summed E-state index contributed by atoms with van der Waals surface area (Å²) in [7, 11) is -4.67. The van der Waals surface area contributed by atoms with Gasteiger partial charge in [0, 0.05) is 25.7 Å². The second-order valence-corrected chi connectivity index (χ2v) is 4.81. The normalized spacial score (nSPS) is 20.7. The van der Waals surface area contributed by atoms with Gasteiger partial charge in [-0.05, 0) is 6.42 Å². The van der Waals surface area contributed by atoms with Crippen molar-refractivity contribution in [3.63, 3.8) is 0 Å². The monoisotopic (exact) mass is 282 g/mol. The third kappa shape index (κ3) is 10.4. The lowest BCUT2D eigenvalue weighted by Gasteiger charge is -2.35. The highest BCUT2D eigenvalue weighted by molar-refractivity contribution is 7.79. The summed E-state index contributed by atoms with van der Waals surface area (Å²) < 4.78 is 31.6. The Bertz CT molecular complexity index is 315. The number of hydrazine groups is 1. The zero-order valence-electron chi connectivity index (χ0n) is 10.5. The van der Waals surface area contributed by atoms with Gasteiger partial charge in [0.05, 0.1) is 6.34 Å². The van der Waals surface area contributed by atoms with E-state index in [9.17, 15) is 0 Å². The Balaban J connectivity index is 0.000000494. The van der Waals surface area contributed by atoms with Gasteiger partial charge in [-0.3, -0.25) is 14.5 Å². The van der Waals surface area contributed by atoms with Gasteiger partial charge in [-0.15, -0.1) is 0 Å². The molecule has 1 saturated heterocycles. The Labute approximate surface area is 108 Å². The zero-order valence-corrected chi connectivity index (χ0v) is 11.3. The van der Waals surface area contributed by atoms with Crippen molar-refractivity contribution in [2.24, 2.45) is 0 Å². The van der Waals surface area contributed by atoms with Crippen LogP contribution in [-0.2, 0) is 10.4 Å². The van der Waals surface area contributed by atoms with Crippen LogP contribution in [0.5, 0.6) is 0 Å². The summed E-state index contributed by atoms with van der Waals surface area (Å²) in [5.74, 6) is 0. The molecule has 0 bridgehead atoms. The molecule has 1 heterocycles. The van der Waals surface area contributed by atoms with E-state index in [4.69, 9.17) is 22.9 Å². The molecule has 1 rings (SSSR count). The molecule has 0 aromatic heterocycles. The summed E-state index contributed by atoms with van der Waals surface area (Å²) in [4.78, 5) is 0. The average Bonchev–Trinajstić information content (AvgIpc) is 2.26. The van der Waals surface area contributed by atoms with E-state index in [2.05, 4.69) is 22.7 Å². The third-order valence-corrected chi connectivity index (χ3v) is 2.47. The molecular formula is C9H22N4O4S. The predicted molar refractivity (Wildman–Crippen MR) is 69.0 cm³/mol. The van der Waals surface area contributed by atoms with Crippen molar-refractivity contribution in [2.75, 3.05) is 19.6 Å². The molecule has 1 fully saturated rings. The maximum absolute atomic E-state index is 8.74. The number of hydrogen-bond acceptors (Lipinski definition) is 5. The van der Waals surface area contributed by atoms with E-state index < -0.39 is 10.4 Å². The lowest BCUT2D eigenvalue weighted by atomic mass is 10.1. The maximum atomic E-state index is 8.74. The van der Waals surface area contributed by atoms with E-state index in [-0.39, 0.29) is 0 Å². The summed E-state index contributed by atoms with van der Waals surface area (Å²) in [5.41, 5.74) is 2.98. The first-order valence-electron chi connectivity index (χ1n) is 5.80. The number of nitrogens with zero attached hydrogens (tertiary/aromatic N) is 1. The van der Waals surface area contributed by atoms with Crippen LogP contribution in [0.1, 0.15) is 26.2 Å².